The summed E-state index contributed by atoms with van der Waals surface area (Å²) in [5, 5.41) is 0. The summed E-state index contributed by atoms with van der Waals surface area (Å²) < 4.78 is 0. The van der Waals surface area contributed by atoms with E-state index in [1.54, 1.807) is 0 Å². The summed E-state index contributed by atoms with van der Waals surface area (Å²) in [5.74, 6) is 0. The molecule has 88 valence electrons. The van der Waals surface area contributed by atoms with Gasteiger partial charge >= 0.3 is 0 Å². The molecule has 0 bridgehead atoms. The molecule has 1 saturated carbocycles. The van der Waals surface area contributed by atoms with Crippen molar-refractivity contribution in [2.75, 3.05) is 11.4 Å². The molecule has 2 nitrogen and oxygen atoms in total. The second-order valence-electron chi connectivity index (χ2n) is 4.71. The van der Waals surface area contributed by atoms with Crippen molar-refractivity contribution in [3.63, 3.8) is 0 Å². The van der Waals surface area contributed by atoms with Crippen LogP contribution in [0, 0.1) is 6.92 Å². The molecule has 0 spiro atoms. The van der Waals surface area contributed by atoms with E-state index in [-0.39, 0.29) is 0 Å². The minimum absolute atomic E-state index is 0.643. The molecular formula is C14H22N2. The van der Waals surface area contributed by atoms with E-state index >= 15 is 0 Å². The van der Waals surface area contributed by atoms with Gasteiger partial charge in [-0.1, -0.05) is 25.1 Å². The van der Waals surface area contributed by atoms with Crippen molar-refractivity contribution in [3.05, 3.63) is 29.3 Å². The Morgan fingerprint density at radius 2 is 2.12 bits per heavy atom. The minimum atomic E-state index is 0.643. The van der Waals surface area contributed by atoms with Crippen LogP contribution in [0.5, 0.6) is 0 Å². The van der Waals surface area contributed by atoms with E-state index in [1.165, 1.54) is 36.1 Å². The molecule has 0 aliphatic heterocycles. The molecule has 2 heteroatoms. The number of anilines is 1. The summed E-state index contributed by atoms with van der Waals surface area (Å²) >= 11 is 0. The molecule has 1 aromatic rings. The van der Waals surface area contributed by atoms with Crippen molar-refractivity contribution in [3.8, 4) is 0 Å². The highest BCUT2D eigenvalue weighted by Crippen LogP contribution is 2.35. The van der Waals surface area contributed by atoms with Crippen molar-refractivity contribution in [1.82, 2.24) is 0 Å². The molecule has 1 aliphatic carbocycles. The van der Waals surface area contributed by atoms with E-state index in [1.807, 2.05) is 0 Å². The number of rotatable bonds is 5. The molecule has 0 unspecified atom stereocenters. The van der Waals surface area contributed by atoms with Crippen LogP contribution in [-0.2, 0) is 6.54 Å². The zero-order valence-corrected chi connectivity index (χ0v) is 10.4. The lowest BCUT2D eigenvalue weighted by Gasteiger charge is -2.28. The second-order valence-corrected chi connectivity index (χ2v) is 4.71. The number of para-hydroxylation sites is 1. The van der Waals surface area contributed by atoms with Gasteiger partial charge in [-0.3, -0.25) is 0 Å². The van der Waals surface area contributed by atoms with Gasteiger partial charge in [0, 0.05) is 24.8 Å². The Labute approximate surface area is 98.4 Å². The number of aryl methyl sites for hydroxylation is 1. The highest BCUT2D eigenvalue weighted by Gasteiger charge is 2.30. The third-order valence-corrected chi connectivity index (χ3v) is 3.28. The van der Waals surface area contributed by atoms with E-state index in [2.05, 4.69) is 36.9 Å². The predicted octanol–water partition coefficient (Wildman–Crippen LogP) is 2.83. The Balaban J connectivity index is 2.34. The first-order valence-electron chi connectivity index (χ1n) is 6.33. The molecule has 0 aromatic heterocycles. The van der Waals surface area contributed by atoms with Crippen LogP contribution in [0.2, 0.25) is 0 Å². The number of nitrogens with two attached hydrogens (primary N) is 1. The Kier molecular flexibility index (Phi) is 3.49. The second kappa shape index (κ2) is 4.88. The fourth-order valence-electron chi connectivity index (χ4n) is 2.40. The SMILES string of the molecule is CCCN(c1c(C)cccc1CN)C1CC1. The van der Waals surface area contributed by atoms with Gasteiger partial charge in [-0.05, 0) is 37.3 Å². The van der Waals surface area contributed by atoms with Crippen molar-refractivity contribution >= 4 is 5.69 Å². The topological polar surface area (TPSA) is 29.3 Å². The summed E-state index contributed by atoms with van der Waals surface area (Å²) in [6.45, 7) is 6.24. The Morgan fingerprint density at radius 3 is 2.69 bits per heavy atom. The number of hydrogen-bond donors (Lipinski definition) is 1. The largest absolute Gasteiger partial charge is 0.368 e. The van der Waals surface area contributed by atoms with E-state index in [9.17, 15) is 0 Å². The standard InChI is InChI=1S/C14H22N2/c1-3-9-16(13-7-8-13)14-11(2)5-4-6-12(14)10-15/h4-6,13H,3,7-10,15H2,1-2H3. The van der Waals surface area contributed by atoms with Gasteiger partial charge in [0.2, 0.25) is 0 Å². The van der Waals surface area contributed by atoms with Crippen LogP contribution in [-0.4, -0.2) is 12.6 Å². The smallest absolute Gasteiger partial charge is 0.0443 e. The minimum Gasteiger partial charge on any atom is -0.368 e. The molecule has 1 aromatic carbocycles. The van der Waals surface area contributed by atoms with Crippen LogP contribution in [0.3, 0.4) is 0 Å². The van der Waals surface area contributed by atoms with Gasteiger partial charge in [0.05, 0.1) is 0 Å². The number of benzene rings is 1. The third-order valence-electron chi connectivity index (χ3n) is 3.28. The van der Waals surface area contributed by atoms with E-state index < -0.39 is 0 Å². The van der Waals surface area contributed by atoms with Crippen LogP contribution in [0.4, 0.5) is 5.69 Å². The number of nitrogens with zero attached hydrogens (tertiary/aromatic N) is 1. The van der Waals surface area contributed by atoms with Gasteiger partial charge in [-0.25, -0.2) is 0 Å². The fourth-order valence-corrected chi connectivity index (χ4v) is 2.40. The normalized spacial score (nSPS) is 15.2. The first-order valence-corrected chi connectivity index (χ1v) is 6.33. The van der Waals surface area contributed by atoms with Crippen molar-refractivity contribution < 1.29 is 0 Å². The van der Waals surface area contributed by atoms with Gasteiger partial charge in [0.15, 0.2) is 0 Å². The maximum atomic E-state index is 5.85. The fraction of sp³-hybridized carbons (Fsp3) is 0.571. The quantitative estimate of drug-likeness (QED) is 0.823. The molecule has 0 heterocycles. The molecule has 16 heavy (non-hydrogen) atoms. The summed E-state index contributed by atoms with van der Waals surface area (Å²) in [4.78, 5) is 2.57. The predicted molar refractivity (Wildman–Crippen MR) is 69.7 cm³/mol. The van der Waals surface area contributed by atoms with E-state index in [4.69, 9.17) is 5.73 Å². The first-order chi connectivity index (χ1) is 7.77. The van der Waals surface area contributed by atoms with E-state index in [0.717, 1.165) is 12.6 Å². The molecule has 0 saturated heterocycles. The van der Waals surface area contributed by atoms with Gasteiger partial charge in [0.1, 0.15) is 0 Å². The van der Waals surface area contributed by atoms with Gasteiger partial charge in [-0.2, -0.15) is 0 Å². The molecule has 2 rings (SSSR count). The highest BCUT2D eigenvalue weighted by atomic mass is 15.2. The van der Waals surface area contributed by atoms with Crippen molar-refractivity contribution in [1.29, 1.82) is 0 Å². The van der Waals surface area contributed by atoms with Crippen LogP contribution < -0.4 is 10.6 Å². The van der Waals surface area contributed by atoms with E-state index in [0.29, 0.717) is 6.54 Å². The summed E-state index contributed by atoms with van der Waals surface area (Å²) in [6.07, 6.45) is 3.89. The summed E-state index contributed by atoms with van der Waals surface area (Å²) in [6, 6.07) is 7.23. The third kappa shape index (κ3) is 2.22. The molecule has 2 N–H and O–H groups in total. The highest BCUT2D eigenvalue weighted by molar-refractivity contribution is 5.60. The van der Waals surface area contributed by atoms with Crippen molar-refractivity contribution in [2.45, 2.75) is 45.7 Å². The average molecular weight is 218 g/mol. The molecule has 1 fully saturated rings. The van der Waals surface area contributed by atoms with Crippen LogP contribution in [0.25, 0.3) is 0 Å². The Bertz CT molecular complexity index is 356. The van der Waals surface area contributed by atoms with Crippen molar-refractivity contribution in [2.24, 2.45) is 5.73 Å². The lowest BCUT2D eigenvalue weighted by molar-refractivity contribution is 0.754. The van der Waals surface area contributed by atoms with Gasteiger partial charge < -0.3 is 10.6 Å². The maximum absolute atomic E-state index is 5.85. The summed E-state index contributed by atoms with van der Waals surface area (Å²) in [5.41, 5.74) is 9.90. The molecule has 1 aliphatic rings. The zero-order valence-electron chi connectivity index (χ0n) is 10.4. The monoisotopic (exact) mass is 218 g/mol. The van der Waals surface area contributed by atoms with Gasteiger partial charge in [-0.15, -0.1) is 0 Å². The average Bonchev–Trinajstić information content (AvgIpc) is 3.10. The Morgan fingerprint density at radius 1 is 1.38 bits per heavy atom. The lowest BCUT2D eigenvalue weighted by Crippen LogP contribution is -2.28. The first kappa shape index (κ1) is 11.5. The molecule has 0 radical (unpaired) electrons. The molecule has 0 amide bonds. The van der Waals surface area contributed by atoms with Crippen LogP contribution >= 0.6 is 0 Å². The number of hydrogen-bond acceptors (Lipinski definition) is 2. The van der Waals surface area contributed by atoms with Crippen LogP contribution in [0.15, 0.2) is 18.2 Å². The lowest BCUT2D eigenvalue weighted by atomic mass is 10.1. The van der Waals surface area contributed by atoms with Gasteiger partial charge in [0.25, 0.3) is 0 Å². The Hall–Kier alpha value is -1.02. The maximum Gasteiger partial charge on any atom is 0.0443 e. The summed E-state index contributed by atoms with van der Waals surface area (Å²) in [7, 11) is 0. The van der Waals surface area contributed by atoms with Crippen LogP contribution in [0.1, 0.15) is 37.3 Å². The zero-order chi connectivity index (χ0) is 11.5. The molecular weight excluding hydrogens is 196 g/mol. The molecule has 0 atom stereocenters.